The van der Waals surface area contributed by atoms with Crippen molar-refractivity contribution >= 4 is 18.5 Å². The summed E-state index contributed by atoms with van der Waals surface area (Å²) in [4.78, 5) is 8.06. The van der Waals surface area contributed by atoms with Gasteiger partial charge in [0.2, 0.25) is 0 Å². The molecule has 0 saturated heterocycles. The quantitative estimate of drug-likeness (QED) is 0.713. The molecular formula is C10H13N3. The lowest BCUT2D eigenvalue weighted by atomic mass is 10.2. The molecule has 13 heavy (non-hydrogen) atoms. The fourth-order valence-corrected chi connectivity index (χ4v) is 0.931. The van der Waals surface area contributed by atoms with Gasteiger partial charge in [-0.1, -0.05) is 0 Å². The van der Waals surface area contributed by atoms with Gasteiger partial charge in [-0.25, -0.2) is 0 Å². The van der Waals surface area contributed by atoms with Crippen LogP contribution in [0, 0.1) is 0 Å². The van der Waals surface area contributed by atoms with Crippen LogP contribution in [0.3, 0.4) is 0 Å². The maximum absolute atomic E-state index is 4.19. The van der Waals surface area contributed by atoms with Gasteiger partial charge in [0, 0.05) is 18.9 Å². The average molecular weight is 175 g/mol. The maximum atomic E-state index is 4.19. The first-order valence-electron chi connectivity index (χ1n) is 4.05. The monoisotopic (exact) mass is 175 g/mol. The molecule has 0 aliphatic carbocycles. The molecule has 1 aromatic heterocycles. The summed E-state index contributed by atoms with van der Waals surface area (Å²) in [6, 6.07) is 3.73. The van der Waals surface area contributed by atoms with Gasteiger partial charge in [-0.2, -0.15) is 0 Å². The van der Waals surface area contributed by atoms with Crippen molar-refractivity contribution < 1.29 is 0 Å². The maximum Gasteiger partial charge on any atom is 0.0902 e. The largest absolute Gasteiger partial charge is 0.392 e. The lowest BCUT2D eigenvalue weighted by molar-refractivity contribution is 1.000. The zero-order chi connectivity index (χ0) is 9.68. The van der Waals surface area contributed by atoms with Crippen molar-refractivity contribution in [1.82, 2.24) is 10.3 Å². The van der Waals surface area contributed by atoms with Crippen molar-refractivity contribution in [3.05, 3.63) is 29.7 Å². The molecule has 0 radical (unpaired) electrons. The number of allylic oxidation sites excluding steroid dienone is 1. The standard InChI is InChI=1S/C10H13N3/c1-8(11-2)7-10-9(12-3)5-4-6-13-10/h4-7,11H,3H2,1-2H3/b8-7+. The molecule has 1 N–H and O–H groups in total. The van der Waals surface area contributed by atoms with E-state index in [2.05, 4.69) is 22.0 Å². The first-order chi connectivity index (χ1) is 6.27. The van der Waals surface area contributed by atoms with Gasteiger partial charge < -0.3 is 5.32 Å². The molecule has 0 bridgehead atoms. The van der Waals surface area contributed by atoms with Gasteiger partial charge in [0.05, 0.1) is 11.4 Å². The van der Waals surface area contributed by atoms with E-state index in [4.69, 9.17) is 0 Å². The van der Waals surface area contributed by atoms with Crippen LogP contribution in [0.1, 0.15) is 12.6 Å². The fourth-order valence-electron chi connectivity index (χ4n) is 0.931. The van der Waals surface area contributed by atoms with Gasteiger partial charge in [0.25, 0.3) is 0 Å². The van der Waals surface area contributed by atoms with E-state index in [1.807, 2.05) is 32.2 Å². The molecule has 0 unspecified atom stereocenters. The van der Waals surface area contributed by atoms with Crippen molar-refractivity contribution in [3.63, 3.8) is 0 Å². The Morgan fingerprint density at radius 3 is 3.08 bits per heavy atom. The summed E-state index contributed by atoms with van der Waals surface area (Å²) in [5.74, 6) is 0. The van der Waals surface area contributed by atoms with Crippen LogP contribution in [0.4, 0.5) is 5.69 Å². The summed E-state index contributed by atoms with van der Waals surface area (Å²) in [6.45, 7) is 5.46. The Kier molecular flexibility index (Phi) is 3.20. The zero-order valence-corrected chi connectivity index (χ0v) is 7.91. The highest BCUT2D eigenvalue weighted by Crippen LogP contribution is 2.17. The fraction of sp³-hybridized carbons (Fsp3) is 0.200. The van der Waals surface area contributed by atoms with Crippen LogP contribution in [0.2, 0.25) is 0 Å². The van der Waals surface area contributed by atoms with Crippen molar-refractivity contribution in [2.75, 3.05) is 7.05 Å². The molecule has 0 spiro atoms. The molecule has 0 fully saturated rings. The second kappa shape index (κ2) is 4.40. The Hall–Kier alpha value is -1.64. The summed E-state index contributed by atoms with van der Waals surface area (Å²) in [5, 5.41) is 3.02. The first-order valence-corrected chi connectivity index (χ1v) is 4.05. The smallest absolute Gasteiger partial charge is 0.0902 e. The molecule has 0 atom stereocenters. The number of pyridine rings is 1. The predicted molar refractivity (Wildman–Crippen MR) is 56.2 cm³/mol. The number of hydrogen-bond donors (Lipinski definition) is 1. The number of rotatable bonds is 3. The highest BCUT2D eigenvalue weighted by molar-refractivity contribution is 5.63. The van der Waals surface area contributed by atoms with Gasteiger partial charge in [0.15, 0.2) is 0 Å². The van der Waals surface area contributed by atoms with Crippen LogP contribution in [0.5, 0.6) is 0 Å². The topological polar surface area (TPSA) is 37.3 Å². The molecule has 3 nitrogen and oxygen atoms in total. The zero-order valence-electron chi connectivity index (χ0n) is 7.91. The number of hydrogen-bond acceptors (Lipinski definition) is 3. The highest BCUT2D eigenvalue weighted by Gasteiger charge is 1.96. The average Bonchev–Trinajstić information content (AvgIpc) is 2.18. The van der Waals surface area contributed by atoms with Crippen LogP contribution in [0.15, 0.2) is 29.0 Å². The van der Waals surface area contributed by atoms with E-state index in [-0.39, 0.29) is 0 Å². The van der Waals surface area contributed by atoms with E-state index in [1.165, 1.54) is 0 Å². The SMILES string of the molecule is C=Nc1cccnc1/C=C(\C)NC. The van der Waals surface area contributed by atoms with E-state index in [0.29, 0.717) is 0 Å². The summed E-state index contributed by atoms with van der Waals surface area (Å²) in [7, 11) is 1.87. The van der Waals surface area contributed by atoms with Crippen LogP contribution in [0.25, 0.3) is 6.08 Å². The van der Waals surface area contributed by atoms with Crippen molar-refractivity contribution in [3.8, 4) is 0 Å². The van der Waals surface area contributed by atoms with Crippen molar-refractivity contribution in [2.45, 2.75) is 6.92 Å². The predicted octanol–water partition coefficient (Wildman–Crippen LogP) is 1.99. The van der Waals surface area contributed by atoms with Crippen LogP contribution in [-0.2, 0) is 0 Å². The van der Waals surface area contributed by atoms with Crippen LogP contribution in [-0.4, -0.2) is 18.7 Å². The summed E-state index contributed by atoms with van der Waals surface area (Å²) >= 11 is 0. The molecular weight excluding hydrogens is 162 g/mol. The molecule has 0 aromatic carbocycles. The minimum Gasteiger partial charge on any atom is -0.392 e. The Labute approximate surface area is 78.2 Å². The Balaban J connectivity index is 3.06. The molecule has 1 aromatic rings. The highest BCUT2D eigenvalue weighted by atomic mass is 14.8. The molecule has 1 rings (SSSR count). The Morgan fingerprint density at radius 1 is 1.69 bits per heavy atom. The second-order valence-corrected chi connectivity index (χ2v) is 2.64. The first kappa shape index (κ1) is 9.45. The summed E-state index contributed by atoms with van der Waals surface area (Å²) < 4.78 is 0. The minimum atomic E-state index is 0.803. The third-order valence-corrected chi connectivity index (χ3v) is 1.73. The van der Waals surface area contributed by atoms with Crippen molar-refractivity contribution in [1.29, 1.82) is 0 Å². The van der Waals surface area contributed by atoms with E-state index in [1.54, 1.807) is 6.20 Å². The van der Waals surface area contributed by atoms with Gasteiger partial charge in [-0.3, -0.25) is 9.98 Å². The molecule has 0 amide bonds. The van der Waals surface area contributed by atoms with Crippen molar-refractivity contribution in [2.24, 2.45) is 4.99 Å². The lowest BCUT2D eigenvalue weighted by Crippen LogP contribution is -2.01. The normalized spacial score (nSPS) is 11.1. The van der Waals surface area contributed by atoms with E-state index in [0.717, 1.165) is 17.1 Å². The van der Waals surface area contributed by atoms with Crippen LogP contribution < -0.4 is 5.32 Å². The van der Waals surface area contributed by atoms with Gasteiger partial charge in [-0.05, 0) is 31.9 Å². The molecule has 3 heteroatoms. The third kappa shape index (κ3) is 2.40. The number of aliphatic imine (C=N–C) groups is 1. The third-order valence-electron chi connectivity index (χ3n) is 1.73. The molecule has 0 aliphatic heterocycles. The van der Waals surface area contributed by atoms with Gasteiger partial charge in [0.1, 0.15) is 0 Å². The molecule has 1 heterocycles. The summed E-state index contributed by atoms with van der Waals surface area (Å²) in [5.41, 5.74) is 2.69. The molecule has 68 valence electrons. The molecule has 0 aliphatic rings. The molecule has 0 saturated carbocycles. The lowest BCUT2D eigenvalue weighted by Gasteiger charge is -2.01. The Morgan fingerprint density at radius 2 is 2.46 bits per heavy atom. The second-order valence-electron chi connectivity index (χ2n) is 2.64. The van der Waals surface area contributed by atoms with Gasteiger partial charge >= 0.3 is 0 Å². The Bertz CT molecular complexity index is 329. The van der Waals surface area contributed by atoms with E-state index in [9.17, 15) is 0 Å². The number of nitrogens with zero attached hydrogens (tertiary/aromatic N) is 2. The number of nitrogens with one attached hydrogen (secondary N) is 1. The summed E-state index contributed by atoms with van der Waals surface area (Å²) in [6.07, 6.45) is 3.67. The van der Waals surface area contributed by atoms with E-state index >= 15 is 0 Å². The van der Waals surface area contributed by atoms with E-state index < -0.39 is 0 Å². The minimum absolute atomic E-state index is 0.803. The number of aromatic nitrogens is 1. The van der Waals surface area contributed by atoms with Crippen LogP contribution >= 0.6 is 0 Å². The van der Waals surface area contributed by atoms with Gasteiger partial charge in [-0.15, -0.1) is 0 Å².